The number of rotatable bonds is 3. The number of carbonyl (C=O) groups is 1. The molecule has 3 aromatic rings. The van der Waals surface area contributed by atoms with E-state index in [4.69, 9.17) is 0 Å². The van der Waals surface area contributed by atoms with E-state index >= 15 is 0 Å². The molecule has 1 N–H and O–H groups in total. The topological polar surface area (TPSA) is 81.8 Å². The number of carbonyl (C=O) groups excluding carboxylic acids is 1. The van der Waals surface area contributed by atoms with E-state index in [-0.39, 0.29) is 11.4 Å². The Morgan fingerprint density at radius 1 is 1.22 bits per heavy atom. The lowest BCUT2D eigenvalue weighted by molar-refractivity contribution is -0.137. The van der Waals surface area contributed by atoms with Gasteiger partial charge >= 0.3 is 6.18 Å². The standard InChI is InChI=1S/C17H14F3N5O2/c1-10-6-14(26)15(16(27)22-12-8-21-24(2)9-12)23-25(10)13-5-3-4-11(7-13)17(18,19)20/h3-9H,1-2H3,(H,22,27). The summed E-state index contributed by atoms with van der Waals surface area (Å²) >= 11 is 0. The second kappa shape index (κ2) is 6.71. The van der Waals surface area contributed by atoms with E-state index in [1.165, 1.54) is 36.1 Å². The number of anilines is 1. The highest BCUT2D eigenvalue weighted by atomic mass is 19.4. The number of hydrogen-bond donors (Lipinski definition) is 1. The number of benzene rings is 1. The van der Waals surface area contributed by atoms with Crippen LogP contribution in [0.1, 0.15) is 21.7 Å². The first-order valence-corrected chi connectivity index (χ1v) is 7.74. The molecule has 1 aromatic carbocycles. The lowest BCUT2D eigenvalue weighted by atomic mass is 10.2. The first kappa shape index (κ1) is 18.4. The molecular formula is C17H14F3N5O2. The zero-order valence-electron chi connectivity index (χ0n) is 14.3. The van der Waals surface area contributed by atoms with Crippen molar-refractivity contribution in [2.45, 2.75) is 13.1 Å². The molecule has 140 valence electrons. The molecule has 10 heteroatoms. The third-order valence-corrected chi connectivity index (χ3v) is 3.70. The molecule has 2 heterocycles. The van der Waals surface area contributed by atoms with E-state index in [2.05, 4.69) is 15.5 Å². The molecule has 0 aliphatic rings. The number of amides is 1. The number of aryl methyl sites for hydroxylation is 2. The fourth-order valence-corrected chi connectivity index (χ4v) is 2.46. The molecule has 0 saturated heterocycles. The molecule has 2 aromatic heterocycles. The molecule has 3 rings (SSSR count). The van der Waals surface area contributed by atoms with E-state index in [1.807, 2.05) is 0 Å². The van der Waals surface area contributed by atoms with Crippen molar-refractivity contribution in [3.8, 4) is 5.69 Å². The van der Waals surface area contributed by atoms with Gasteiger partial charge in [0.15, 0.2) is 5.69 Å². The van der Waals surface area contributed by atoms with Crippen LogP contribution in [0.2, 0.25) is 0 Å². The SMILES string of the molecule is Cc1cc(=O)c(C(=O)Nc2cnn(C)c2)nn1-c1cccc(C(F)(F)F)c1. The Labute approximate surface area is 151 Å². The minimum absolute atomic E-state index is 0.0813. The number of halogens is 3. The molecule has 0 fully saturated rings. The summed E-state index contributed by atoms with van der Waals surface area (Å²) in [4.78, 5) is 24.5. The first-order valence-electron chi connectivity index (χ1n) is 7.74. The maximum absolute atomic E-state index is 12.9. The number of alkyl halides is 3. The molecular weight excluding hydrogens is 363 g/mol. The second-order valence-corrected chi connectivity index (χ2v) is 5.82. The highest BCUT2D eigenvalue weighted by molar-refractivity contribution is 6.02. The van der Waals surface area contributed by atoms with E-state index in [1.54, 1.807) is 7.05 Å². The van der Waals surface area contributed by atoms with Gasteiger partial charge in [-0.25, -0.2) is 4.68 Å². The monoisotopic (exact) mass is 377 g/mol. The van der Waals surface area contributed by atoms with Gasteiger partial charge < -0.3 is 5.32 Å². The van der Waals surface area contributed by atoms with Gasteiger partial charge in [-0.2, -0.15) is 23.4 Å². The lowest BCUT2D eigenvalue weighted by Gasteiger charge is -2.13. The maximum atomic E-state index is 12.9. The molecule has 1 amide bonds. The Morgan fingerprint density at radius 2 is 1.96 bits per heavy atom. The molecule has 0 aliphatic heterocycles. The van der Waals surface area contributed by atoms with E-state index < -0.39 is 28.8 Å². The summed E-state index contributed by atoms with van der Waals surface area (Å²) in [5, 5.41) is 10.3. The summed E-state index contributed by atoms with van der Waals surface area (Å²) in [7, 11) is 1.65. The van der Waals surface area contributed by atoms with Crippen molar-refractivity contribution in [2.24, 2.45) is 7.05 Å². The third-order valence-electron chi connectivity index (χ3n) is 3.70. The van der Waals surface area contributed by atoms with Crippen molar-refractivity contribution in [1.29, 1.82) is 0 Å². The van der Waals surface area contributed by atoms with Crippen LogP contribution in [0.5, 0.6) is 0 Å². The van der Waals surface area contributed by atoms with Gasteiger partial charge in [0.25, 0.3) is 5.91 Å². The average molecular weight is 377 g/mol. The van der Waals surface area contributed by atoms with Gasteiger partial charge in [-0.05, 0) is 25.1 Å². The quantitative estimate of drug-likeness (QED) is 0.761. The fraction of sp³-hybridized carbons (Fsp3) is 0.176. The van der Waals surface area contributed by atoms with Gasteiger partial charge in [0, 0.05) is 25.0 Å². The number of nitrogens with one attached hydrogen (secondary N) is 1. The number of aromatic nitrogens is 4. The van der Waals surface area contributed by atoms with Crippen molar-refractivity contribution < 1.29 is 18.0 Å². The van der Waals surface area contributed by atoms with Crippen LogP contribution in [0.15, 0.2) is 47.5 Å². The largest absolute Gasteiger partial charge is 0.416 e. The Bertz CT molecular complexity index is 1070. The van der Waals surface area contributed by atoms with Crippen LogP contribution < -0.4 is 10.7 Å². The Morgan fingerprint density at radius 3 is 2.59 bits per heavy atom. The predicted octanol–water partition coefficient (Wildman–Crippen LogP) is 2.55. The van der Waals surface area contributed by atoms with E-state index in [0.29, 0.717) is 5.69 Å². The van der Waals surface area contributed by atoms with Crippen molar-refractivity contribution >= 4 is 11.6 Å². The number of nitrogens with zero attached hydrogens (tertiary/aromatic N) is 4. The molecule has 0 unspecified atom stereocenters. The van der Waals surface area contributed by atoms with E-state index in [9.17, 15) is 22.8 Å². The number of hydrogen-bond acceptors (Lipinski definition) is 4. The van der Waals surface area contributed by atoms with Crippen molar-refractivity contribution in [3.63, 3.8) is 0 Å². The molecule has 0 saturated carbocycles. The summed E-state index contributed by atoms with van der Waals surface area (Å²) in [6.45, 7) is 1.51. The van der Waals surface area contributed by atoms with Crippen molar-refractivity contribution in [2.75, 3.05) is 5.32 Å². The highest BCUT2D eigenvalue weighted by Crippen LogP contribution is 2.30. The zero-order chi connectivity index (χ0) is 19.8. The van der Waals surface area contributed by atoms with Crippen LogP contribution in [0.4, 0.5) is 18.9 Å². The molecule has 27 heavy (non-hydrogen) atoms. The Kier molecular flexibility index (Phi) is 4.56. The van der Waals surface area contributed by atoms with Crippen LogP contribution in [0.3, 0.4) is 0 Å². The summed E-state index contributed by atoms with van der Waals surface area (Å²) in [6.07, 6.45) is -1.61. The van der Waals surface area contributed by atoms with Gasteiger partial charge in [0.1, 0.15) is 0 Å². The average Bonchev–Trinajstić information content (AvgIpc) is 2.99. The molecule has 0 aliphatic carbocycles. The van der Waals surface area contributed by atoms with Crippen LogP contribution in [0, 0.1) is 6.92 Å². The minimum atomic E-state index is -4.52. The molecule has 0 atom stereocenters. The molecule has 0 spiro atoms. The summed E-state index contributed by atoms with van der Waals surface area (Å²) < 4.78 is 41.4. The Hall–Kier alpha value is -3.43. The van der Waals surface area contributed by atoms with Gasteiger partial charge in [0.05, 0.1) is 23.1 Å². The van der Waals surface area contributed by atoms with Crippen molar-refractivity contribution in [3.05, 3.63) is 69.9 Å². The highest BCUT2D eigenvalue weighted by Gasteiger charge is 2.30. The van der Waals surface area contributed by atoms with Gasteiger partial charge in [-0.3, -0.25) is 14.3 Å². The molecule has 0 bridgehead atoms. The summed E-state index contributed by atoms with van der Waals surface area (Å²) in [5.41, 5.74) is -1.22. The van der Waals surface area contributed by atoms with Crippen LogP contribution in [-0.2, 0) is 13.2 Å². The van der Waals surface area contributed by atoms with Crippen LogP contribution >= 0.6 is 0 Å². The summed E-state index contributed by atoms with van der Waals surface area (Å²) in [5.74, 6) is -0.784. The zero-order valence-corrected chi connectivity index (χ0v) is 14.3. The van der Waals surface area contributed by atoms with Gasteiger partial charge in [0.2, 0.25) is 5.43 Å². The van der Waals surface area contributed by atoms with Crippen LogP contribution in [-0.4, -0.2) is 25.5 Å². The Balaban J connectivity index is 2.02. The fourth-order valence-electron chi connectivity index (χ4n) is 2.46. The lowest BCUT2D eigenvalue weighted by Crippen LogP contribution is -2.26. The predicted molar refractivity (Wildman–Crippen MR) is 90.7 cm³/mol. The summed E-state index contributed by atoms with van der Waals surface area (Å²) in [6, 6.07) is 5.60. The normalized spacial score (nSPS) is 11.4. The van der Waals surface area contributed by atoms with Gasteiger partial charge in [-0.15, -0.1) is 0 Å². The van der Waals surface area contributed by atoms with Crippen LogP contribution in [0.25, 0.3) is 5.69 Å². The minimum Gasteiger partial charge on any atom is -0.318 e. The molecule has 0 radical (unpaired) electrons. The third kappa shape index (κ3) is 3.89. The first-order chi connectivity index (χ1) is 12.6. The molecule has 7 nitrogen and oxygen atoms in total. The second-order valence-electron chi connectivity index (χ2n) is 5.82. The van der Waals surface area contributed by atoms with Crippen molar-refractivity contribution in [1.82, 2.24) is 19.6 Å². The van der Waals surface area contributed by atoms with E-state index in [0.717, 1.165) is 22.9 Å². The van der Waals surface area contributed by atoms with Gasteiger partial charge in [-0.1, -0.05) is 6.07 Å². The smallest absolute Gasteiger partial charge is 0.318 e. The maximum Gasteiger partial charge on any atom is 0.416 e.